The van der Waals surface area contributed by atoms with E-state index in [0.29, 0.717) is 22.9 Å². The standard InChI is InChI=1S/C16H20ClN3O2/c1-10(16-20-19-11(2)21-16)18-12-7-8-15(14(17)9-12)22-13-5-3-4-6-13/h7-10,13,18H,3-6H2,1-2H3. The van der Waals surface area contributed by atoms with Crippen molar-refractivity contribution >= 4 is 17.3 Å². The molecule has 1 saturated carbocycles. The first-order valence-corrected chi connectivity index (χ1v) is 8.02. The summed E-state index contributed by atoms with van der Waals surface area (Å²) in [5.74, 6) is 1.86. The fourth-order valence-corrected chi connectivity index (χ4v) is 2.90. The lowest BCUT2D eigenvalue weighted by molar-refractivity contribution is 0.210. The van der Waals surface area contributed by atoms with E-state index in [1.54, 1.807) is 6.92 Å². The molecule has 2 aromatic rings. The van der Waals surface area contributed by atoms with Gasteiger partial charge >= 0.3 is 0 Å². The predicted octanol–water partition coefficient (Wildman–Crippen LogP) is 4.53. The normalized spacial score (nSPS) is 16.7. The van der Waals surface area contributed by atoms with Gasteiger partial charge in [-0.15, -0.1) is 10.2 Å². The minimum absolute atomic E-state index is 0.0844. The lowest BCUT2D eigenvalue weighted by atomic mass is 10.2. The first-order chi connectivity index (χ1) is 10.6. The molecule has 6 heteroatoms. The van der Waals surface area contributed by atoms with Crippen molar-refractivity contribution in [2.45, 2.75) is 51.7 Å². The monoisotopic (exact) mass is 321 g/mol. The predicted molar refractivity (Wildman–Crippen MR) is 85.4 cm³/mol. The summed E-state index contributed by atoms with van der Waals surface area (Å²) in [6.45, 7) is 3.74. The highest BCUT2D eigenvalue weighted by molar-refractivity contribution is 6.32. The maximum absolute atomic E-state index is 6.32. The SMILES string of the molecule is Cc1nnc(C(C)Nc2ccc(OC3CCCC3)c(Cl)c2)o1. The topological polar surface area (TPSA) is 60.2 Å². The van der Waals surface area contributed by atoms with Crippen LogP contribution in [0.4, 0.5) is 5.69 Å². The van der Waals surface area contributed by atoms with Crippen molar-refractivity contribution in [1.82, 2.24) is 10.2 Å². The van der Waals surface area contributed by atoms with Crippen LogP contribution < -0.4 is 10.1 Å². The van der Waals surface area contributed by atoms with Crippen LogP contribution in [0.2, 0.25) is 5.02 Å². The van der Waals surface area contributed by atoms with E-state index in [-0.39, 0.29) is 6.04 Å². The first-order valence-electron chi connectivity index (χ1n) is 7.64. The average molecular weight is 322 g/mol. The smallest absolute Gasteiger partial charge is 0.238 e. The summed E-state index contributed by atoms with van der Waals surface area (Å²) >= 11 is 6.32. The molecule has 0 amide bonds. The van der Waals surface area contributed by atoms with E-state index in [9.17, 15) is 0 Å². The molecule has 118 valence electrons. The lowest BCUT2D eigenvalue weighted by Crippen LogP contribution is -2.11. The molecule has 0 radical (unpaired) electrons. The fraction of sp³-hybridized carbons (Fsp3) is 0.500. The molecule has 1 unspecified atom stereocenters. The Morgan fingerprint density at radius 3 is 2.73 bits per heavy atom. The van der Waals surface area contributed by atoms with Crippen molar-refractivity contribution in [2.24, 2.45) is 0 Å². The summed E-state index contributed by atoms with van der Waals surface area (Å²) in [4.78, 5) is 0. The van der Waals surface area contributed by atoms with Gasteiger partial charge in [0.25, 0.3) is 0 Å². The maximum atomic E-state index is 6.32. The number of nitrogens with zero attached hydrogens (tertiary/aromatic N) is 2. The summed E-state index contributed by atoms with van der Waals surface area (Å²) in [7, 11) is 0. The molecule has 1 heterocycles. The number of nitrogens with one attached hydrogen (secondary N) is 1. The molecule has 1 aliphatic carbocycles. The summed E-state index contributed by atoms with van der Waals surface area (Å²) in [5, 5.41) is 11.8. The van der Waals surface area contributed by atoms with E-state index in [0.717, 1.165) is 24.3 Å². The van der Waals surface area contributed by atoms with E-state index < -0.39 is 0 Å². The number of halogens is 1. The van der Waals surface area contributed by atoms with Crippen molar-refractivity contribution in [3.8, 4) is 5.75 Å². The second-order valence-electron chi connectivity index (χ2n) is 5.69. The number of rotatable bonds is 5. The highest BCUT2D eigenvalue weighted by atomic mass is 35.5. The number of benzene rings is 1. The minimum atomic E-state index is -0.0844. The Morgan fingerprint density at radius 1 is 1.32 bits per heavy atom. The average Bonchev–Trinajstić information content (AvgIpc) is 3.13. The molecule has 22 heavy (non-hydrogen) atoms. The first kappa shape index (κ1) is 15.2. The Balaban J connectivity index is 1.66. The molecule has 3 rings (SSSR count). The third-order valence-electron chi connectivity index (χ3n) is 3.82. The number of anilines is 1. The summed E-state index contributed by atoms with van der Waals surface area (Å²) in [6, 6.07) is 5.65. The number of hydrogen-bond donors (Lipinski definition) is 1. The van der Waals surface area contributed by atoms with E-state index in [2.05, 4.69) is 15.5 Å². The van der Waals surface area contributed by atoms with Gasteiger partial charge in [0.05, 0.1) is 11.1 Å². The molecule has 0 aliphatic heterocycles. The zero-order chi connectivity index (χ0) is 15.5. The molecule has 0 saturated heterocycles. The van der Waals surface area contributed by atoms with Crippen LogP contribution in [0.5, 0.6) is 5.75 Å². The second kappa shape index (κ2) is 6.57. The Hall–Kier alpha value is -1.75. The Bertz CT molecular complexity index is 638. The van der Waals surface area contributed by atoms with E-state index in [1.165, 1.54) is 12.8 Å². The zero-order valence-electron chi connectivity index (χ0n) is 12.8. The number of aromatic nitrogens is 2. The quantitative estimate of drug-likeness (QED) is 0.877. The van der Waals surface area contributed by atoms with Crippen LogP contribution in [0.1, 0.15) is 50.4 Å². The Labute approximate surface area is 135 Å². The van der Waals surface area contributed by atoms with Crippen LogP contribution in [0.15, 0.2) is 22.6 Å². The lowest BCUT2D eigenvalue weighted by Gasteiger charge is -2.16. The Kier molecular flexibility index (Phi) is 4.52. The summed E-state index contributed by atoms with van der Waals surface area (Å²) < 4.78 is 11.4. The van der Waals surface area contributed by atoms with Gasteiger partial charge in [0, 0.05) is 12.6 Å². The molecule has 1 N–H and O–H groups in total. The molecule has 1 fully saturated rings. The van der Waals surface area contributed by atoms with Crippen LogP contribution in [-0.4, -0.2) is 16.3 Å². The van der Waals surface area contributed by atoms with Crippen LogP contribution in [0.25, 0.3) is 0 Å². The highest BCUT2D eigenvalue weighted by Gasteiger charge is 2.18. The summed E-state index contributed by atoms with van der Waals surface area (Å²) in [5.41, 5.74) is 0.895. The Morgan fingerprint density at radius 2 is 2.09 bits per heavy atom. The third-order valence-corrected chi connectivity index (χ3v) is 4.12. The van der Waals surface area contributed by atoms with Gasteiger partial charge < -0.3 is 14.5 Å². The van der Waals surface area contributed by atoms with Gasteiger partial charge in [-0.3, -0.25) is 0 Å². The van der Waals surface area contributed by atoms with Crippen LogP contribution >= 0.6 is 11.6 Å². The molecule has 0 bridgehead atoms. The molecule has 1 atom stereocenters. The maximum Gasteiger partial charge on any atom is 0.238 e. The van der Waals surface area contributed by atoms with E-state index in [4.69, 9.17) is 20.8 Å². The number of hydrogen-bond acceptors (Lipinski definition) is 5. The molecule has 0 spiro atoms. The van der Waals surface area contributed by atoms with Crippen LogP contribution in [0.3, 0.4) is 0 Å². The van der Waals surface area contributed by atoms with Crippen molar-refractivity contribution < 1.29 is 9.15 Å². The number of aryl methyl sites for hydroxylation is 1. The van der Waals surface area contributed by atoms with Crippen molar-refractivity contribution in [1.29, 1.82) is 0 Å². The van der Waals surface area contributed by atoms with Gasteiger partial charge in [-0.25, -0.2) is 0 Å². The molecule has 1 aliphatic rings. The van der Waals surface area contributed by atoms with Crippen molar-refractivity contribution in [2.75, 3.05) is 5.32 Å². The fourth-order valence-electron chi connectivity index (χ4n) is 2.67. The molecule has 1 aromatic carbocycles. The van der Waals surface area contributed by atoms with Gasteiger partial charge in [-0.05, 0) is 50.8 Å². The number of ether oxygens (including phenoxy) is 1. The van der Waals surface area contributed by atoms with Gasteiger partial charge in [0.1, 0.15) is 11.8 Å². The molecule has 5 nitrogen and oxygen atoms in total. The van der Waals surface area contributed by atoms with Crippen molar-refractivity contribution in [3.05, 3.63) is 35.0 Å². The molecular weight excluding hydrogens is 302 g/mol. The highest BCUT2D eigenvalue weighted by Crippen LogP contribution is 2.32. The largest absolute Gasteiger partial charge is 0.489 e. The minimum Gasteiger partial charge on any atom is -0.489 e. The molecule has 1 aromatic heterocycles. The zero-order valence-corrected chi connectivity index (χ0v) is 13.6. The second-order valence-corrected chi connectivity index (χ2v) is 6.10. The van der Waals surface area contributed by atoms with Gasteiger partial charge in [0.2, 0.25) is 11.8 Å². The van der Waals surface area contributed by atoms with E-state index >= 15 is 0 Å². The van der Waals surface area contributed by atoms with E-state index in [1.807, 2.05) is 25.1 Å². The van der Waals surface area contributed by atoms with Crippen LogP contribution in [-0.2, 0) is 0 Å². The van der Waals surface area contributed by atoms with Crippen LogP contribution in [0, 0.1) is 6.92 Å². The van der Waals surface area contributed by atoms with Gasteiger partial charge in [-0.2, -0.15) is 0 Å². The third kappa shape index (κ3) is 3.53. The summed E-state index contributed by atoms with van der Waals surface area (Å²) in [6.07, 6.45) is 5.01. The van der Waals surface area contributed by atoms with Gasteiger partial charge in [0.15, 0.2) is 0 Å². The molecular formula is C16H20ClN3O2. The van der Waals surface area contributed by atoms with Crippen molar-refractivity contribution in [3.63, 3.8) is 0 Å². The van der Waals surface area contributed by atoms with Gasteiger partial charge in [-0.1, -0.05) is 11.6 Å².